The standard InChI is InChI=1S/C50H41N/c1-49(2)44-23-13-11-20-39(44)42-30-34(25-27-45(42)50(49,3)4)35-17-7-8-18-36(35)38-26-28-47(40-21-10-9-19-37(38)40)51-46-24-14-12-22-41(46)43-29-32-15-5-6-16-33(32)31-48(43)51/h5-11,13-21,23-31H,12,22H2,1-4H3. The molecule has 1 heterocycles. The summed E-state index contributed by atoms with van der Waals surface area (Å²) in [6.07, 6.45) is 6.83. The molecule has 0 fully saturated rings. The zero-order chi connectivity index (χ0) is 34.5. The van der Waals surface area contributed by atoms with Crippen LogP contribution in [-0.2, 0) is 17.3 Å². The van der Waals surface area contributed by atoms with Gasteiger partial charge in [0.1, 0.15) is 0 Å². The molecule has 10 rings (SSSR count). The minimum atomic E-state index is -0.00985. The Kier molecular flexibility index (Phi) is 6.46. The van der Waals surface area contributed by atoms with Gasteiger partial charge in [0.2, 0.25) is 0 Å². The summed E-state index contributed by atoms with van der Waals surface area (Å²) < 4.78 is 2.52. The fraction of sp³-hybridized carbons (Fsp3) is 0.160. The first kappa shape index (κ1) is 30.2. The van der Waals surface area contributed by atoms with E-state index in [1.54, 1.807) is 0 Å². The predicted molar refractivity (Wildman–Crippen MR) is 218 cm³/mol. The SMILES string of the molecule is CC1(C)c2ccccc2-c2cc(-c3ccccc3-c3ccc(-n4c5c(c6cc7ccccc7cc64)CCC=C5)c4ccccc34)ccc2C1(C)C. The van der Waals surface area contributed by atoms with Crippen LogP contribution in [0.2, 0.25) is 0 Å². The molecule has 0 saturated heterocycles. The first-order valence-corrected chi connectivity index (χ1v) is 18.4. The maximum Gasteiger partial charge on any atom is 0.0544 e. The molecule has 2 aliphatic carbocycles. The number of allylic oxidation sites excluding steroid dienone is 1. The van der Waals surface area contributed by atoms with Crippen LogP contribution in [0.25, 0.3) is 77.6 Å². The van der Waals surface area contributed by atoms with Crippen molar-refractivity contribution >= 4 is 38.5 Å². The molecule has 2 aliphatic rings. The molecule has 246 valence electrons. The largest absolute Gasteiger partial charge is 0.309 e. The summed E-state index contributed by atoms with van der Waals surface area (Å²) in [4.78, 5) is 0. The average Bonchev–Trinajstić information content (AvgIpc) is 3.48. The van der Waals surface area contributed by atoms with E-state index in [0.29, 0.717) is 0 Å². The Morgan fingerprint density at radius 1 is 0.490 bits per heavy atom. The molecule has 0 radical (unpaired) electrons. The number of aromatic nitrogens is 1. The maximum absolute atomic E-state index is 2.52. The molecular weight excluding hydrogens is 615 g/mol. The first-order valence-electron chi connectivity index (χ1n) is 18.4. The van der Waals surface area contributed by atoms with E-state index in [9.17, 15) is 0 Å². The fourth-order valence-electron chi connectivity index (χ4n) is 9.28. The third-order valence-corrected chi connectivity index (χ3v) is 12.6. The van der Waals surface area contributed by atoms with Crippen molar-refractivity contribution in [3.8, 4) is 39.1 Å². The summed E-state index contributed by atoms with van der Waals surface area (Å²) in [7, 11) is 0. The molecule has 0 bridgehead atoms. The lowest BCUT2D eigenvalue weighted by molar-refractivity contribution is 0.299. The molecular formula is C50H41N. The van der Waals surface area contributed by atoms with E-state index in [1.807, 2.05) is 0 Å². The third-order valence-electron chi connectivity index (χ3n) is 12.6. The lowest BCUT2D eigenvalue weighted by Crippen LogP contribution is -2.43. The Morgan fingerprint density at radius 3 is 1.94 bits per heavy atom. The molecule has 1 aromatic heterocycles. The molecule has 1 heteroatoms. The molecule has 0 N–H and O–H groups in total. The Balaban J connectivity index is 1.18. The van der Waals surface area contributed by atoms with Crippen molar-refractivity contribution in [3.05, 3.63) is 168 Å². The van der Waals surface area contributed by atoms with Crippen LogP contribution >= 0.6 is 0 Å². The Labute approximate surface area is 300 Å². The summed E-state index contributed by atoms with van der Waals surface area (Å²) in [5.74, 6) is 0. The van der Waals surface area contributed by atoms with Gasteiger partial charge in [-0.1, -0.05) is 149 Å². The van der Waals surface area contributed by atoms with E-state index in [4.69, 9.17) is 0 Å². The quantitative estimate of drug-likeness (QED) is 0.178. The van der Waals surface area contributed by atoms with Crippen LogP contribution in [0, 0.1) is 0 Å². The van der Waals surface area contributed by atoms with E-state index in [-0.39, 0.29) is 10.8 Å². The minimum Gasteiger partial charge on any atom is -0.309 e. The molecule has 0 amide bonds. The highest BCUT2D eigenvalue weighted by atomic mass is 15.0. The van der Waals surface area contributed by atoms with Crippen molar-refractivity contribution in [2.75, 3.05) is 0 Å². The van der Waals surface area contributed by atoms with Gasteiger partial charge in [-0.05, 0) is 120 Å². The van der Waals surface area contributed by atoms with Gasteiger partial charge >= 0.3 is 0 Å². The summed E-state index contributed by atoms with van der Waals surface area (Å²) in [6, 6.07) is 52.5. The number of benzene rings is 7. The van der Waals surface area contributed by atoms with Crippen LogP contribution in [-0.4, -0.2) is 4.57 Å². The second-order valence-electron chi connectivity index (χ2n) is 15.6. The second kappa shape index (κ2) is 10.9. The van der Waals surface area contributed by atoms with Crippen LogP contribution in [0.1, 0.15) is 56.5 Å². The predicted octanol–water partition coefficient (Wildman–Crippen LogP) is 13.5. The van der Waals surface area contributed by atoms with E-state index in [0.717, 1.165) is 12.8 Å². The smallest absolute Gasteiger partial charge is 0.0544 e. The number of rotatable bonds is 3. The van der Waals surface area contributed by atoms with Crippen molar-refractivity contribution in [3.63, 3.8) is 0 Å². The van der Waals surface area contributed by atoms with E-state index in [2.05, 4.69) is 184 Å². The zero-order valence-corrected chi connectivity index (χ0v) is 29.8. The molecule has 0 aliphatic heterocycles. The summed E-state index contributed by atoms with van der Waals surface area (Å²) in [5, 5.41) is 6.48. The van der Waals surface area contributed by atoms with Crippen molar-refractivity contribution in [1.29, 1.82) is 0 Å². The van der Waals surface area contributed by atoms with Gasteiger partial charge in [-0.2, -0.15) is 0 Å². The Bertz CT molecular complexity index is 2750. The van der Waals surface area contributed by atoms with Crippen molar-refractivity contribution < 1.29 is 0 Å². The summed E-state index contributed by atoms with van der Waals surface area (Å²) in [6.45, 7) is 9.62. The van der Waals surface area contributed by atoms with E-state index >= 15 is 0 Å². The number of hydrogen-bond donors (Lipinski definition) is 0. The van der Waals surface area contributed by atoms with Gasteiger partial charge in [0.05, 0.1) is 11.2 Å². The van der Waals surface area contributed by atoms with Gasteiger partial charge in [-0.3, -0.25) is 0 Å². The van der Waals surface area contributed by atoms with Crippen molar-refractivity contribution in [2.24, 2.45) is 0 Å². The fourth-order valence-corrected chi connectivity index (χ4v) is 9.28. The molecule has 0 saturated carbocycles. The minimum absolute atomic E-state index is 0.00985. The van der Waals surface area contributed by atoms with Crippen LogP contribution in [0.3, 0.4) is 0 Å². The molecule has 8 aromatic rings. The van der Waals surface area contributed by atoms with Crippen molar-refractivity contribution in [2.45, 2.75) is 51.4 Å². The van der Waals surface area contributed by atoms with Gasteiger partial charge in [0, 0.05) is 16.5 Å². The lowest BCUT2D eigenvalue weighted by Gasteiger charge is -2.48. The number of nitrogens with zero attached hydrogens (tertiary/aromatic N) is 1. The van der Waals surface area contributed by atoms with Crippen LogP contribution in [0.4, 0.5) is 0 Å². The van der Waals surface area contributed by atoms with Crippen LogP contribution in [0.5, 0.6) is 0 Å². The highest BCUT2D eigenvalue weighted by Crippen LogP contribution is 2.54. The van der Waals surface area contributed by atoms with Crippen LogP contribution < -0.4 is 0 Å². The van der Waals surface area contributed by atoms with Crippen molar-refractivity contribution in [1.82, 2.24) is 4.57 Å². The number of aryl methyl sites for hydroxylation is 1. The summed E-state index contributed by atoms with van der Waals surface area (Å²) in [5.41, 5.74) is 15.9. The van der Waals surface area contributed by atoms with E-state index < -0.39 is 0 Å². The van der Waals surface area contributed by atoms with Gasteiger partial charge < -0.3 is 4.57 Å². The highest BCUT2D eigenvalue weighted by Gasteiger charge is 2.45. The average molecular weight is 656 g/mol. The molecule has 51 heavy (non-hydrogen) atoms. The molecule has 7 aromatic carbocycles. The topological polar surface area (TPSA) is 4.93 Å². The molecule has 0 unspecified atom stereocenters. The zero-order valence-electron chi connectivity index (χ0n) is 29.8. The van der Waals surface area contributed by atoms with Gasteiger partial charge in [-0.15, -0.1) is 0 Å². The van der Waals surface area contributed by atoms with Gasteiger partial charge in [0.15, 0.2) is 0 Å². The Hall–Kier alpha value is -5.66. The highest BCUT2D eigenvalue weighted by molar-refractivity contribution is 6.07. The lowest BCUT2D eigenvalue weighted by atomic mass is 9.55. The Morgan fingerprint density at radius 2 is 1.14 bits per heavy atom. The first-order chi connectivity index (χ1) is 24.8. The monoisotopic (exact) mass is 655 g/mol. The van der Waals surface area contributed by atoms with Gasteiger partial charge in [-0.25, -0.2) is 0 Å². The third kappa shape index (κ3) is 4.28. The maximum atomic E-state index is 2.52. The number of hydrogen-bond acceptors (Lipinski definition) is 0. The molecule has 0 atom stereocenters. The van der Waals surface area contributed by atoms with E-state index in [1.165, 1.54) is 93.9 Å². The second-order valence-corrected chi connectivity index (χ2v) is 15.6. The number of fused-ring (bicyclic) bond motifs is 8. The normalized spacial score (nSPS) is 15.5. The molecule has 1 nitrogen and oxygen atoms in total. The summed E-state index contributed by atoms with van der Waals surface area (Å²) >= 11 is 0. The molecule has 0 spiro atoms. The van der Waals surface area contributed by atoms with Gasteiger partial charge in [0.25, 0.3) is 0 Å². The van der Waals surface area contributed by atoms with Crippen LogP contribution in [0.15, 0.2) is 146 Å².